The maximum absolute atomic E-state index is 13.4. The van der Waals surface area contributed by atoms with Gasteiger partial charge in [0.25, 0.3) is 0 Å². The average Bonchev–Trinajstić information content (AvgIpc) is 3.43. The SMILES string of the molecule is CN=C(NCCc1c[nH]c2cc(F)ccc12)NCC1CCN(c2cccc(OC)c2)C1.I. The monoisotopic (exact) mass is 551 g/mol. The summed E-state index contributed by atoms with van der Waals surface area (Å²) in [5, 5.41) is 7.91. The van der Waals surface area contributed by atoms with Crippen LogP contribution < -0.4 is 20.3 Å². The van der Waals surface area contributed by atoms with E-state index in [9.17, 15) is 4.39 Å². The highest BCUT2D eigenvalue weighted by molar-refractivity contribution is 14.0. The summed E-state index contributed by atoms with van der Waals surface area (Å²) in [7, 11) is 3.49. The standard InChI is InChI=1S/C24H30FN5O.HI/c1-26-24(27-10-8-18-15-28-23-12-19(25)6-7-22(18)23)29-14-17-9-11-30(16-17)20-4-3-5-21(13-20)31-2;/h3-7,12-13,15,17,28H,8-11,14,16H2,1-2H3,(H2,26,27,29);1H. The molecule has 32 heavy (non-hydrogen) atoms. The van der Waals surface area contributed by atoms with Crippen molar-refractivity contribution < 1.29 is 9.13 Å². The van der Waals surface area contributed by atoms with E-state index in [0.717, 1.165) is 61.6 Å². The molecule has 0 aliphatic carbocycles. The molecule has 1 aliphatic heterocycles. The third-order valence-corrected chi connectivity index (χ3v) is 5.90. The lowest BCUT2D eigenvalue weighted by molar-refractivity contribution is 0.415. The first kappa shape index (κ1) is 24.2. The fraction of sp³-hybridized carbons (Fsp3) is 0.375. The van der Waals surface area contributed by atoms with Crippen molar-refractivity contribution in [2.24, 2.45) is 10.9 Å². The number of nitrogens with zero attached hydrogens (tertiary/aromatic N) is 2. The van der Waals surface area contributed by atoms with Gasteiger partial charge in [0.15, 0.2) is 5.96 Å². The summed E-state index contributed by atoms with van der Waals surface area (Å²) in [6.45, 7) is 3.70. The van der Waals surface area contributed by atoms with Gasteiger partial charge in [0.2, 0.25) is 0 Å². The van der Waals surface area contributed by atoms with Crippen molar-refractivity contribution in [1.82, 2.24) is 15.6 Å². The molecule has 172 valence electrons. The van der Waals surface area contributed by atoms with E-state index < -0.39 is 0 Å². The number of anilines is 1. The van der Waals surface area contributed by atoms with E-state index in [1.165, 1.54) is 23.4 Å². The summed E-state index contributed by atoms with van der Waals surface area (Å²) < 4.78 is 18.7. The molecule has 2 heterocycles. The molecule has 1 aliphatic rings. The fourth-order valence-corrected chi connectivity index (χ4v) is 4.18. The van der Waals surface area contributed by atoms with Crippen LogP contribution in [0.4, 0.5) is 10.1 Å². The van der Waals surface area contributed by atoms with Crippen molar-refractivity contribution in [2.45, 2.75) is 12.8 Å². The van der Waals surface area contributed by atoms with Crippen LogP contribution in [0.15, 0.2) is 53.7 Å². The largest absolute Gasteiger partial charge is 0.497 e. The quantitative estimate of drug-likeness (QED) is 0.235. The number of hydrogen-bond donors (Lipinski definition) is 3. The number of aromatic nitrogens is 1. The van der Waals surface area contributed by atoms with Crippen LogP contribution >= 0.6 is 24.0 Å². The Morgan fingerprint density at radius 1 is 1.25 bits per heavy atom. The van der Waals surface area contributed by atoms with Gasteiger partial charge in [-0.15, -0.1) is 24.0 Å². The maximum Gasteiger partial charge on any atom is 0.190 e. The van der Waals surface area contributed by atoms with Gasteiger partial charge in [-0.1, -0.05) is 6.07 Å². The zero-order valence-electron chi connectivity index (χ0n) is 18.5. The molecule has 1 unspecified atom stereocenters. The molecular formula is C24H31FIN5O. The van der Waals surface area contributed by atoms with E-state index in [2.05, 4.69) is 37.6 Å². The minimum absolute atomic E-state index is 0. The third-order valence-electron chi connectivity index (χ3n) is 5.90. The van der Waals surface area contributed by atoms with Crippen molar-refractivity contribution in [1.29, 1.82) is 0 Å². The molecule has 0 spiro atoms. The first-order valence-electron chi connectivity index (χ1n) is 10.8. The molecule has 0 amide bonds. The van der Waals surface area contributed by atoms with Crippen LogP contribution in [-0.4, -0.2) is 51.3 Å². The second-order valence-corrected chi connectivity index (χ2v) is 7.94. The van der Waals surface area contributed by atoms with E-state index in [4.69, 9.17) is 4.74 Å². The second kappa shape index (κ2) is 11.4. The molecule has 0 bridgehead atoms. The first-order chi connectivity index (χ1) is 15.2. The molecule has 1 atom stereocenters. The Hall–Kier alpha value is -2.49. The predicted octanol–water partition coefficient (Wildman–Crippen LogP) is 4.17. The summed E-state index contributed by atoms with van der Waals surface area (Å²) in [4.78, 5) is 9.90. The summed E-state index contributed by atoms with van der Waals surface area (Å²) >= 11 is 0. The summed E-state index contributed by atoms with van der Waals surface area (Å²) in [5.41, 5.74) is 3.21. The molecule has 1 fully saturated rings. The van der Waals surface area contributed by atoms with Crippen molar-refractivity contribution >= 4 is 46.5 Å². The maximum atomic E-state index is 13.4. The van der Waals surface area contributed by atoms with Crippen molar-refractivity contribution in [3.05, 3.63) is 60.0 Å². The van der Waals surface area contributed by atoms with Crippen LogP contribution in [0.2, 0.25) is 0 Å². The average molecular weight is 551 g/mol. The molecule has 1 saturated heterocycles. The molecule has 1 aromatic heterocycles. The summed E-state index contributed by atoms with van der Waals surface area (Å²) in [6, 6.07) is 13.1. The lowest BCUT2D eigenvalue weighted by atomic mass is 10.1. The molecule has 2 aromatic carbocycles. The molecule has 0 radical (unpaired) electrons. The topological polar surface area (TPSA) is 64.7 Å². The van der Waals surface area contributed by atoms with Crippen LogP contribution in [0.5, 0.6) is 5.75 Å². The summed E-state index contributed by atoms with van der Waals surface area (Å²) in [5.74, 6) is 2.04. The van der Waals surface area contributed by atoms with Gasteiger partial charge in [0, 0.05) is 62.1 Å². The van der Waals surface area contributed by atoms with Gasteiger partial charge < -0.3 is 25.3 Å². The van der Waals surface area contributed by atoms with Gasteiger partial charge in [0.1, 0.15) is 11.6 Å². The number of nitrogens with one attached hydrogen (secondary N) is 3. The number of rotatable bonds is 7. The minimum atomic E-state index is -0.222. The number of aliphatic imine (C=N–C) groups is 1. The Morgan fingerprint density at radius 2 is 2.12 bits per heavy atom. The number of fused-ring (bicyclic) bond motifs is 1. The highest BCUT2D eigenvalue weighted by Gasteiger charge is 2.23. The number of benzene rings is 2. The second-order valence-electron chi connectivity index (χ2n) is 7.94. The Kier molecular flexibility index (Phi) is 8.60. The Balaban J connectivity index is 0.00000289. The highest BCUT2D eigenvalue weighted by Crippen LogP contribution is 2.26. The lowest BCUT2D eigenvalue weighted by Gasteiger charge is -2.20. The van der Waals surface area contributed by atoms with Crippen LogP contribution in [-0.2, 0) is 6.42 Å². The number of aromatic amines is 1. The van der Waals surface area contributed by atoms with E-state index in [-0.39, 0.29) is 29.8 Å². The molecule has 6 nitrogen and oxygen atoms in total. The molecule has 3 aromatic rings. The van der Waals surface area contributed by atoms with Crippen molar-refractivity contribution in [2.75, 3.05) is 45.2 Å². The van der Waals surface area contributed by atoms with Gasteiger partial charge in [-0.3, -0.25) is 4.99 Å². The predicted molar refractivity (Wildman–Crippen MR) is 140 cm³/mol. The molecule has 0 saturated carbocycles. The van der Waals surface area contributed by atoms with E-state index in [1.807, 2.05) is 24.4 Å². The van der Waals surface area contributed by atoms with Crippen LogP contribution in [0.3, 0.4) is 0 Å². The van der Waals surface area contributed by atoms with E-state index in [1.54, 1.807) is 14.2 Å². The Bertz CT molecular complexity index is 1050. The van der Waals surface area contributed by atoms with Gasteiger partial charge in [-0.05, 0) is 54.7 Å². The first-order valence-corrected chi connectivity index (χ1v) is 10.8. The van der Waals surface area contributed by atoms with Crippen molar-refractivity contribution in [3.63, 3.8) is 0 Å². The minimum Gasteiger partial charge on any atom is -0.497 e. The van der Waals surface area contributed by atoms with Crippen LogP contribution in [0.25, 0.3) is 10.9 Å². The number of hydrogen-bond acceptors (Lipinski definition) is 3. The molecule has 8 heteroatoms. The number of H-pyrrole nitrogens is 1. The Morgan fingerprint density at radius 3 is 2.94 bits per heavy atom. The lowest BCUT2D eigenvalue weighted by Crippen LogP contribution is -2.41. The molecular weight excluding hydrogens is 520 g/mol. The van der Waals surface area contributed by atoms with Gasteiger partial charge in [-0.25, -0.2) is 4.39 Å². The molecule has 3 N–H and O–H groups in total. The van der Waals surface area contributed by atoms with Gasteiger partial charge >= 0.3 is 0 Å². The fourth-order valence-electron chi connectivity index (χ4n) is 4.18. The number of methoxy groups -OCH3 is 1. The normalized spacial score (nSPS) is 16.2. The number of guanidine groups is 1. The highest BCUT2D eigenvalue weighted by atomic mass is 127. The van der Waals surface area contributed by atoms with Crippen LogP contribution in [0.1, 0.15) is 12.0 Å². The van der Waals surface area contributed by atoms with E-state index in [0.29, 0.717) is 5.92 Å². The number of halogens is 2. The Labute approximate surface area is 205 Å². The smallest absolute Gasteiger partial charge is 0.190 e. The van der Waals surface area contributed by atoms with Crippen molar-refractivity contribution in [3.8, 4) is 5.75 Å². The number of ether oxygens (including phenoxy) is 1. The summed E-state index contributed by atoms with van der Waals surface area (Å²) in [6.07, 6.45) is 3.93. The zero-order chi connectivity index (χ0) is 21.6. The third kappa shape index (κ3) is 5.85. The van der Waals surface area contributed by atoms with Gasteiger partial charge in [0.05, 0.1) is 7.11 Å². The molecule has 4 rings (SSSR count). The van der Waals surface area contributed by atoms with Crippen LogP contribution in [0, 0.1) is 11.7 Å². The van der Waals surface area contributed by atoms with E-state index >= 15 is 0 Å². The van der Waals surface area contributed by atoms with Gasteiger partial charge in [-0.2, -0.15) is 0 Å². The zero-order valence-corrected chi connectivity index (χ0v) is 20.9.